The number of ketones is 1. The minimum absolute atomic E-state index is 0.00650. The summed E-state index contributed by atoms with van der Waals surface area (Å²) in [6.07, 6.45) is 3.40. The number of hydrogen-bond donors (Lipinski definition) is 4. The smallest absolute Gasteiger partial charge is 0.251 e. The minimum Gasteiger partial charge on any atom is -0.396 e. The molecule has 1 amide bonds. The number of hydrogen-bond acceptors (Lipinski definition) is 6. The fourth-order valence-electron chi connectivity index (χ4n) is 2.73. The number of Topliss-reactive ketones (excluding diaryl/α,β-unsaturated/α-hetero) is 1. The predicted molar refractivity (Wildman–Crippen MR) is 160 cm³/mol. The van der Waals surface area contributed by atoms with Gasteiger partial charge in [-0.3, -0.25) is 9.59 Å². The Kier molecular flexibility index (Phi) is 24.7. The lowest BCUT2D eigenvalue weighted by atomic mass is 10.0. The summed E-state index contributed by atoms with van der Waals surface area (Å²) in [4.78, 5) is 23.6. The van der Waals surface area contributed by atoms with Gasteiger partial charge in [0.25, 0.3) is 5.91 Å². The molecular weight excluding hydrogens is 532 g/mol. The van der Waals surface area contributed by atoms with Gasteiger partial charge in [-0.25, -0.2) is 8.78 Å². The molecule has 0 aliphatic rings. The second-order valence-electron chi connectivity index (χ2n) is 9.59. The van der Waals surface area contributed by atoms with Crippen LogP contribution in [0.2, 0.25) is 0 Å². The van der Waals surface area contributed by atoms with Crippen molar-refractivity contribution < 1.29 is 38.4 Å². The molecule has 4 N–H and O–H groups in total. The quantitative estimate of drug-likeness (QED) is 0.182. The van der Waals surface area contributed by atoms with Gasteiger partial charge in [0, 0.05) is 37.0 Å². The van der Waals surface area contributed by atoms with Crippen LogP contribution in [0, 0.1) is 25.5 Å². The maximum absolute atomic E-state index is 12.2. The van der Waals surface area contributed by atoms with E-state index >= 15 is 0 Å². The van der Waals surface area contributed by atoms with E-state index in [0.717, 1.165) is 11.6 Å². The second kappa shape index (κ2) is 25.0. The van der Waals surface area contributed by atoms with Gasteiger partial charge in [-0.15, -0.1) is 0 Å². The summed E-state index contributed by atoms with van der Waals surface area (Å²) in [5.74, 6) is -1.61. The Balaban J connectivity index is 0. The molecule has 0 bridgehead atoms. The third kappa shape index (κ3) is 21.7. The minimum atomic E-state index is -1.18. The highest BCUT2D eigenvalue weighted by atomic mass is 19.1. The summed E-state index contributed by atoms with van der Waals surface area (Å²) in [6, 6.07) is 8.24. The number of unbranched alkanes of at least 4 members (excludes halogenated alkanes) is 2. The number of halogens is 2. The molecule has 2 aromatic rings. The summed E-state index contributed by atoms with van der Waals surface area (Å²) in [6.45, 7) is 13.6. The average Bonchev–Trinajstić information content (AvgIpc) is 2.93. The zero-order valence-corrected chi connectivity index (χ0v) is 25.8. The van der Waals surface area contributed by atoms with Crippen molar-refractivity contribution in [1.29, 1.82) is 0 Å². The number of amides is 1. The first-order chi connectivity index (χ1) is 19.4. The Morgan fingerprint density at radius 1 is 0.805 bits per heavy atom. The highest BCUT2D eigenvalue weighted by Crippen LogP contribution is 2.11. The van der Waals surface area contributed by atoms with E-state index in [1.165, 1.54) is 50.8 Å². The van der Waals surface area contributed by atoms with Crippen LogP contribution < -0.4 is 5.32 Å². The largest absolute Gasteiger partial charge is 0.396 e. The highest BCUT2D eigenvalue weighted by Gasteiger charge is 2.18. The second-order valence-corrected chi connectivity index (χ2v) is 9.59. The Labute approximate surface area is 245 Å². The molecule has 9 heteroatoms. The van der Waals surface area contributed by atoms with Crippen LogP contribution >= 0.6 is 0 Å². The number of carbonyl (C=O) groups excluding carboxylic acids is 2. The third-order valence-electron chi connectivity index (χ3n) is 5.40. The first kappa shape index (κ1) is 40.4. The van der Waals surface area contributed by atoms with Crippen LogP contribution in [0.3, 0.4) is 0 Å². The molecule has 2 atom stereocenters. The lowest BCUT2D eigenvalue weighted by Gasteiger charge is -2.18. The van der Waals surface area contributed by atoms with Crippen molar-refractivity contribution in [3.05, 3.63) is 70.3 Å². The number of aliphatic hydroxyl groups is 3. The summed E-state index contributed by atoms with van der Waals surface area (Å²) in [7, 11) is 0. The van der Waals surface area contributed by atoms with Gasteiger partial charge in [0.2, 0.25) is 0 Å². The van der Waals surface area contributed by atoms with Gasteiger partial charge < -0.3 is 25.4 Å². The Hall–Kier alpha value is -2.72. The van der Waals surface area contributed by atoms with E-state index in [0.29, 0.717) is 23.1 Å². The summed E-state index contributed by atoms with van der Waals surface area (Å²) < 4.78 is 29.5. The van der Waals surface area contributed by atoms with Crippen molar-refractivity contribution in [3.8, 4) is 0 Å². The molecule has 0 saturated carbocycles. The van der Waals surface area contributed by atoms with Gasteiger partial charge in [0.15, 0.2) is 5.78 Å². The van der Waals surface area contributed by atoms with Crippen LogP contribution in [0.15, 0.2) is 36.4 Å². The maximum atomic E-state index is 12.2. The zero-order valence-electron chi connectivity index (χ0n) is 25.8. The molecule has 0 saturated heterocycles. The van der Waals surface area contributed by atoms with E-state index < -0.39 is 29.7 Å². The Bertz CT molecular complexity index is 928. The van der Waals surface area contributed by atoms with E-state index in [4.69, 9.17) is 9.84 Å². The molecule has 234 valence electrons. The number of ether oxygens (including phenoxy) is 1. The monoisotopic (exact) mass is 583 g/mol. The van der Waals surface area contributed by atoms with Crippen molar-refractivity contribution in [2.45, 2.75) is 92.8 Å². The fourth-order valence-corrected chi connectivity index (χ4v) is 2.73. The number of rotatable bonds is 12. The maximum Gasteiger partial charge on any atom is 0.251 e. The molecule has 0 radical (unpaired) electrons. The molecule has 0 aliphatic heterocycles. The molecule has 41 heavy (non-hydrogen) atoms. The first-order valence-electron chi connectivity index (χ1n) is 14.2. The van der Waals surface area contributed by atoms with E-state index in [2.05, 4.69) is 33.0 Å². The number of nitrogens with one attached hydrogen (secondary N) is 1. The molecule has 7 nitrogen and oxygen atoms in total. The SMILES string of the molecule is CC(=O)c1cc(C)cc(C(=O)NCC(O)C(O)COCCCO)c1.CCCC.CCCC.Cc1cc(F)cc(F)c1. The van der Waals surface area contributed by atoms with E-state index in [-0.39, 0.29) is 32.1 Å². The van der Waals surface area contributed by atoms with Crippen LogP contribution in [0.25, 0.3) is 0 Å². The molecule has 0 fully saturated rings. The average molecular weight is 584 g/mol. The molecule has 0 aromatic heterocycles. The van der Waals surface area contributed by atoms with Crippen molar-refractivity contribution in [2.24, 2.45) is 0 Å². The molecule has 2 aromatic carbocycles. The normalized spacial score (nSPS) is 11.4. The van der Waals surface area contributed by atoms with Crippen LogP contribution in [-0.2, 0) is 4.74 Å². The van der Waals surface area contributed by atoms with Crippen LogP contribution in [0.4, 0.5) is 8.78 Å². The lowest BCUT2D eigenvalue weighted by molar-refractivity contribution is -0.0379. The third-order valence-corrected chi connectivity index (χ3v) is 5.40. The predicted octanol–water partition coefficient (Wildman–Crippen LogP) is 5.93. The highest BCUT2D eigenvalue weighted by molar-refractivity contribution is 5.99. The van der Waals surface area contributed by atoms with E-state index in [9.17, 15) is 28.6 Å². The fraction of sp³-hybridized carbons (Fsp3) is 0.562. The van der Waals surface area contributed by atoms with Crippen molar-refractivity contribution in [2.75, 3.05) is 26.4 Å². The lowest BCUT2D eigenvalue weighted by Crippen LogP contribution is -2.41. The standard InChI is InChI=1S/C17H25NO6.C7H6F2.2C4H10/c1-11-6-13(12(2)20)8-14(7-11)17(23)18-9-15(21)16(22)10-24-5-3-4-19;1-5-2-6(8)4-7(9)3-5;2*1-3-4-2/h6-8,15-16,19,21-22H,3-5,9-10H2,1-2H3,(H,18,23);2-4H,1H3;2*3-4H2,1-2H3. The molecule has 2 rings (SSSR count). The number of benzene rings is 2. The van der Waals surface area contributed by atoms with E-state index in [1.54, 1.807) is 26.0 Å². The summed E-state index contributed by atoms with van der Waals surface area (Å²) >= 11 is 0. The van der Waals surface area contributed by atoms with Gasteiger partial charge in [-0.05, 0) is 68.7 Å². The van der Waals surface area contributed by atoms with Gasteiger partial charge in [-0.2, -0.15) is 0 Å². The molecule has 0 aliphatic carbocycles. The Morgan fingerprint density at radius 2 is 1.29 bits per heavy atom. The van der Waals surface area contributed by atoms with Gasteiger partial charge >= 0.3 is 0 Å². The van der Waals surface area contributed by atoms with Gasteiger partial charge in [0.1, 0.15) is 17.7 Å². The molecule has 2 unspecified atom stereocenters. The van der Waals surface area contributed by atoms with E-state index in [1.807, 2.05) is 0 Å². The van der Waals surface area contributed by atoms with Crippen molar-refractivity contribution in [3.63, 3.8) is 0 Å². The number of aryl methyl sites for hydroxylation is 2. The van der Waals surface area contributed by atoms with Crippen molar-refractivity contribution in [1.82, 2.24) is 5.32 Å². The first-order valence-corrected chi connectivity index (χ1v) is 14.2. The van der Waals surface area contributed by atoms with Crippen LogP contribution in [0.5, 0.6) is 0 Å². The summed E-state index contributed by atoms with van der Waals surface area (Å²) in [5.41, 5.74) is 2.15. The zero-order chi connectivity index (χ0) is 31.8. The van der Waals surface area contributed by atoms with Crippen LogP contribution in [0.1, 0.15) is 98.6 Å². The van der Waals surface area contributed by atoms with Crippen molar-refractivity contribution >= 4 is 11.7 Å². The molecule has 0 heterocycles. The molecule has 0 spiro atoms. The van der Waals surface area contributed by atoms with Gasteiger partial charge in [-0.1, -0.05) is 53.4 Å². The topological polar surface area (TPSA) is 116 Å². The number of aliphatic hydroxyl groups excluding tert-OH is 3. The number of carbonyl (C=O) groups is 2. The Morgan fingerprint density at radius 3 is 1.73 bits per heavy atom. The molecular formula is C32H51F2NO6. The van der Waals surface area contributed by atoms with Crippen LogP contribution in [-0.4, -0.2) is 65.6 Å². The summed E-state index contributed by atoms with van der Waals surface area (Å²) in [5, 5.41) is 30.7. The van der Waals surface area contributed by atoms with Gasteiger partial charge in [0.05, 0.1) is 12.7 Å².